The summed E-state index contributed by atoms with van der Waals surface area (Å²) in [5.74, 6) is -4.07. The van der Waals surface area contributed by atoms with Gasteiger partial charge in [0.1, 0.15) is 17.5 Å². The average Bonchev–Trinajstić information content (AvgIpc) is 2.77. The summed E-state index contributed by atoms with van der Waals surface area (Å²) in [7, 11) is 0. The largest absolute Gasteiger partial charge is 0.417 e. The Kier molecular flexibility index (Phi) is 7.58. The molecule has 0 spiro atoms. The Bertz CT molecular complexity index is 1290. The molecular weight excluding hydrogens is 487 g/mol. The van der Waals surface area contributed by atoms with Gasteiger partial charge in [0.05, 0.1) is 11.1 Å². The third kappa shape index (κ3) is 6.13. The molecule has 12 heteroatoms. The number of amides is 2. The van der Waals surface area contributed by atoms with Gasteiger partial charge in [0.25, 0.3) is 11.8 Å². The van der Waals surface area contributed by atoms with Crippen molar-refractivity contribution in [1.29, 1.82) is 0 Å². The van der Waals surface area contributed by atoms with Crippen LogP contribution < -0.4 is 16.4 Å². The quantitative estimate of drug-likeness (QED) is 0.368. The number of nitrogen functional groups attached to an aromatic ring is 1. The first-order valence-electron chi connectivity index (χ1n) is 10.5. The molecule has 0 bridgehead atoms. The first-order chi connectivity index (χ1) is 16.8. The van der Waals surface area contributed by atoms with Gasteiger partial charge in [-0.15, -0.1) is 0 Å². The Labute approximate surface area is 202 Å². The number of anilines is 2. The highest BCUT2D eigenvalue weighted by Gasteiger charge is 2.34. The van der Waals surface area contributed by atoms with Crippen LogP contribution in [0, 0.1) is 11.6 Å². The van der Waals surface area contributed by atoms with Crippen molar-refractivity contribution in [2.75, 3.05) is 11.1 Å². The van der Waals surface area contributed by atoms with E-state index in [0.717, 1.165) is 30.5 Å². The molecule has 0 saturated heterocycles. The Balaban J connectivity index is 1.96. The SMILES string of the molecule is CC(C)NC(=O)c1cc(-c2ccc(NC(=O)C(O)c3cc(F)cc(F)c3)cc2C(F)(F)F)cnc1N. The standard InChI is InChI=1S/C24H21F5N4O3/c1-11(2)32-22(35)18-7-13(10-31-21(18)30)17-4-3-16(9-19(17)24(27,28)29)33-23(36)20(34)12-5-14(25)8-15(26)6-12/h3-11,20,34H,1-2H3,(H2,30,31)(H,32,35)(H,33,36). The number of hydrogen-bond donors (Lipinski definition) is 4. The molecule has 3 aromatic rings. The molecule has 0 aliphatic heterocycles. The van der Waals surface area contributed by atoms with Gasteiger partial charge in [-0.3, -0.25) is 9.59 Å². The highest BCUT2D eigenvalue weighted by atomic mass is 19.4. The monoisotopic (exact) mass is 508 g/mol. The summed E-state index contributed by atoms with van der Waals surface area (Å²) in [6.07, 6.45) is -5.86. The fourth-order valence-corrected chi connectivity index (χ4v) is 3.35. The molecule has 2 amide bonds. The van der Waals surface area contributed by atoms with Crippen molar-refractivity contribution in [2.45, 2.75) is 32.2 Å². The van der Waals surface area contributed by atoms with Crippen LogP contribution in [-0.4, -0.2) is 27.9 Å². The van der Waals surface area contributed by atoms with Crippen molar-refractivity contribution in [3.63, 3.8) is 0 Å². The normalized spacial score (nSPS) is 12.4. The summed E-state index contributed by atoms with van der Waals surface area (Å²) < 4.78 is 68.5. The zero-order valence-electron chi connectivity index (χ0n) is 19.0. The highest BCUT2D eigenvalue weighted by Crippen LogP contribution is 2.39. The summed E-state index contributed by atoms with van der Waals surface area (Å²) in [4.78, 5) is 28.5. The summed E-state index contributed by atoms with van der Waals surface area (Å²) in [5, 5.41) is 14.8. The van der Waals surface area contributed by atoms with Crippen LogP contribution in [0.3, 0.4) is 0 Å². The highest BCUT2D eigenvalue weighted by molar-refractivity contribution is 6.00. The van der Waals surface area contributed by atoms with E-state index in [4.69, 9.17) is 5.73 Å². The molecule has 5 N–H and O–H groups in total. The Morgan fingerprint density at radius 1 is 1.03 bits per heavy atom. The first-order valence-corrected chi connectivity index (χ1v) is 10.5. The first kappa shape index (κ1) is 26.5. The van der Waals surface area contributed by atoms with E-state index in [9.17, 15) is 36.6 Å². The fraction of sp³-hybridized carbons (Fsp3) is 0.208. The minimum Gasteiger partial charge on any atom is -0.383 e. The van der Waals surface area contributed by atoms with Gasteiger partial charge >= 0.3 is 6.18 Å². The molecule has 0 saturated carbocycles. The van der Waals surface area contributed by atoms with Crippen molar-refractivity contribution < 1.29 is 36.6 Å². The summed E-state index contributed by atoms with van der Waals surface area (Å²) in [5.41, 5.74) is 3.28. The minimum absolute atomic E-state index is 0.0569. The topological polar surface area (TPSA) is 117 Å². The molecule has 7 nitrogen and oxygen atoms in total. The molecule has 1 heterocycles. The van der Waals surface area contributed by atoms with E-state index in [0.29, 0.717) is 12.1 Å². The van der Waals surface area contributed by atoms with Crippen molar-refractivity contribution in [2.24, 2.45) is 0 Å². The lowest BCUT2D eigenvalue weighted by atomic mass is 9.98. The number of nitrogens with zero attached hydrogens (tertiary/aromatic N) is 1. The molecule has 0 radical (unpaired) electrons. The molecule has 190 valence electrons. The third-order valence-electron chi connectivity index (χ3n) is 4.94. The molecular formula is C24H21F5N4O3. The maximum absolute atomic E-state index is 13.9. The summed E-state index contributed by atoms with van der Waals surface area (Å²) in [6, 6.07) is 5.69. The number of carbonyl (C=O) groups is 2. The van der Waals surface area contributed by atoms with Gasteiger partial charge < -0.3 is 21.5 Å². The van der Waals surface area contributed by atoms with E-state index in [1.54, 1.807) is 13.8 Å². The molecule has 1 unspecified atom stereocenters. The van der Waals surface area contributed by atoms with E-state index in [-0.39, 0.29) is 34.2 Å². The van der Waals surface area contributed by atoms with Crippen LogP contribution in [0.2, 0.25) is 0 Å². The maximum Gasteiger partial charge on any atom is 0.417 e. The summed E-state index contributed by atoms with van der Waals surface area (Å²) >= 11 is 0. The predicted molar refractivity (Wildman–Crippen MR) is 122 cm³/mol. The van der Waals surface area contributed by atoms with E-state index in [1.807, 2.05) is 0 Å². The number of hydrogen-bond acceptors (Lipinski definition) is 5. The Hall–Kier alpha value is -4.06. The number of aromatic nitrogens is 1. The van der Waals surface area contributed by atoms with Gasteiger partial charge in [0, 0.05) is 29.6 Å². The zero-order valence-corrected chi connectivity index (χ0v) is 19.0. The molecule has 1 atom stereocenters. The van der Waals surface area contributed by atoms with Gasteiger partial charge in [-0.2, -0.15) is 13.2 Å². The summed E-state index contributed by atoms with van der Waals surface area (Å²) in [6.45, 7) is 3.39. The van der Waals surface area contributed by atoms with Crippen molar-refractivity contribution in [3.8, 4) is 11.1 Å². The van der Waals surface area contributed by atoms with Gasteiger partial charge in [-0.1, -0.05) is 6.07 Å². The fourth-order valence-electron chi connectivity index (χ4n) is 3.35. The molecule has 0 fully saturated rings. The average molecular weight is 508 g/mol. The number of aliphatic hydroxyl groups is 1. The second-order valence-electron chi connectivity index (χ2n) is 8.14. The van der Waals surface area contributed by atoms with Crippen LogP contribution in [0.15, 0.2) is 48.7 Å². The van der Waals surface area contributed by atoms with E-state index in [1.165, 1.54) is 6.07 Å². The van der Waals surface area contributed by atoms with Crippen LogP contribution >= 0.6 is 0 Å². The smallest absolute Gasteiger partial charge is 0.383 e. The molecule has 3 rings (SSSR count). The van der Waals surface area contributed by atoms with Crippen LogP contribution in [0.5, 0.6) is 0 Å². The minimum atomic E-state index is -4.89. The van der Waals surface area contributed by atoms with Gasteiger partial charge in [0.2, 0.25) is 0 Å². The number of nitrogens with two attached hydrogens (primary N) is 1. The van der Waals surface area contributed by atoms with Gasteiger partial charge in [-0.25, -0.2) is 13.8 Å². The number of alkyl halides is 3. The Morgan fingerprint density at radius 3 is 2.25 bits per heavy atom. The van der Waals surface area contributed by atoms with E-state index >= 15 is 0 Å². The van der Waals surface area contributed by atoms with Gasteiger partial charge in [-0.05, 0) is 55.3 Å². The number of aliphatic hydroxyl groups excluding tert-OH is 1. The number of pyridine rings is 1. The molecule has 0 aliphatic rings. The number of rotatable bonds is 6. The number of halogens is 5. The van der Waals surface area contributed by atoms with Crippen LogP contribution in [0.1, 0.15) is 41.4 Å². The number of benzene rings is 2. The third-order valence-corrected chi connectivity index (χ3v) is 4.94. The zero-order chi connectivity index (χ0) is 26.8. The van der Waals surface area contributed by atoms with Gasteiger partial charge in [0.15, 0.2) is 6.10 Å². The lowest BCUT2D eigenvalue weighted by molar-refractivity contribution is -0.137. The van der Waals surface area contributed by atoms with Crippen molar-refractivity contribution >= 4 is 23.3 Å². The molecule has 1 aromatic heterocycles. The number of nitrogens with one attached hydrogen (secondary N) is 2. The second-order valence-corrected chi connectivity index (χ2v) is 8.14. The number of carbonyl (C=O) groups excluding carboxylic acids is 2. The van der Waals surface area contributed by atoms with Crippen LogP contribution in [0.4, 0.5) is 33.5 Å². The van der Waals surface area contributed by atoms with Crippen molar-refractivity contribution in [3.05, 3.63) is 77.0 Å². The van der Waals surface area contributed by atoms with Crippen LogP contribution in [0.25, 0.3) is 11.1 Å². The molecule has 0 aliphatic carbocycles. The lowest BCUT2D eigenvalue weighted by Crippen LogP contribution is -2.30. The Morgan fingerprint density at radius 2 is 1.67 bits per heavy atom. The second kappa shape index (κ2) is 10.3. The van der Waals surface area contributed by atoms with E-state index in [2.05, 4.69) is 15.6 Å². The molecule has 2 aromatic carbocycles. The predicted octanol–water partition coefficient (Wildman–Crippen LogP) is 4.44. The van der Waals surface area contributed by atoms with E-state index < -0.39 is 46.9 Å². The van der Waals surface area contributed by atoms with Crippen LogP contribution in [-0.2, 0) is 11.0 Å². The molecule has 36 heavy (non-hydrogen) atoms. The lowest BCUT2D eigenvalue weighted by Gasteiger charge is -2.17. The van der Waals surface area contributed by atoms with Crippen molar-refractivity contribution in [1.82, 2.24) is 10.3 Å². The maximum atomic E-state index is 13.9.